The molecule has 0 aliphatic carbocycles. The molecule has 1 atom stereocenters. The minimum absolute atomic E-state index is 0.0278. The van der Waals surface area contributed by atoms with Crippen LogP contribution in [0.4, 0.5) is 0 Å². The SMILES string of the molecule is Cc1cc([C@H]2CCCCN2C(=O)CCn2ccnc2)nc(-c2c(C)noc2C)n1. The van der Waals surface area contributed by atoms with Crippen LogP contribution in [0.2, 0.25) is 0 Å². The van der Waals surface area contributed by atoms with Gasteiger partial charge in [-0.25, -0.2) is 15.0 Å². The van der Waals surface area contributed by atoms with Gasteiger partial charge in [0.25, 0.3) is 0 Å². The van der Waals surface area contributed by atoms with Crippen LogP contribution in [0.1, 0.15) is 54.6 Å². The quantitative estimate of drug-likeness (QED) is 0.659. The Morgan fingerprint density at radius 3 is 2.83 bits per heavy atom. The number of carbonyl (C=O) groups is 1. The maximum absolute atomic E-state index is 13.0. The Morgan fingerprint density at radius 1 is 1.24 bits per heavy atom. The largest absolute Gasteiger partial charge is 0.361 e. The van der Waals surface area contributed by atoms with Crippen LogP contribution in [0, 0.1) is 20.8 Å². The van der Waals surface area contributed by atoms with E-state index in [-0.39, 0.29) is 11.9 Å². The third-order valence-corrected chi connectivity index (χ3v) is 5.44. The standard InChI is InChI=1S/C21H26N6O2/c1-14-12-17(24-21(23-14)20-15(2)25-29-16(20)3)18-6-4-5-9-27(18)19(28)7-10-26-11-8-22-13-26/h8,11-13,18H,4-7,9-10H2,1-3H3/t18-/m1/s1. The molecular weight excluding hydrogens is 368 g/mol. The van der Waals surface area contributed by atoms with Crippen molar-refractivity contribution >= 4 is 5.91 Å². The first-order valence-corrected chi connectivity index (χ1v) is 10.1. The summed E-state index contributed by atoms with van der Waals surface area (Å²) in [6, 6.07) is 1.97. The molecule has 4 heterocycles. The summed E-state index contributed by atoms with van der Waals surface area (Å²) in [6.07, 6.45) is 8.82. The summed E-state index contributed by atoms with van der Waals surface area (Å²) in [5, 5.41) is 4.03. The van der Waals surface area contributed by atoms with E-state index in [1.807, 2.05) is 42.5 Å². The van der Waals surface area contributed by atoms with Crippen molar-refractivity contribution in [3.05, 3.63) is 47.6 Å². The Labute approximate surface area is 170 Å². The number of amides is 1. The second-order valence-corrected chi connectivity index (χ2v) is 7.61. The van der Waals surface area contributed by atoms with Gasteiger partial charge >= 0.3 is 0 Å². The van der Waals surface area contributed by atoms with Crippen LogP contribution in [0.3, 0.4) is 0 Å². The van der Waals surface area contributed by atoms with E-state index in [4.69, 9.17) is 9.51 Å². The second kappa shape index (κ2) is 8.14. The van der Waals surface area contributed by atoms with Crippen molar-refractivity contribution in [2.75, 3.05) is 6.54 Å². The molecule has 0 spiro atoms. The topological polar surface area (TPSA) is 89.9 Å². The van der Waals surface area contributed by atoms with E-state index in [9.17, 15) is 4.79 Å². The van der Waals surface area contributed by atoms with Crippen LogP contribution in [0.5, 0.6) is 0 Å². The Kier molecular flexibility index (Phi) is 5.42. The summed E-state index contributed by atoms with van der Waals surface area (Å²) in [7, 11) is 0. The number of imidazole rings is 1. The number of hydrogen-bond donors (Lipinski definition) is 0. The van der Waals surface area contributed by atoms with Crippen LogP contribution >= 0.6 is 0 Å². The summed E-state index contributed by atoms with van der Waals surface area (Å²) in [5.74, 6) is 1.47. The van der Waals surface area contributed by atoms with Crippen LogP contribution in [-0.4, -0.2) is 42.0 Å². The van der Waals surface area contributed by atoms with Gasteiger partial charge in [0.15, 0.2) is 5.82 Å². The number of nitrogens with zero attached hydrogens (tertiary/aromatic N) is 6. The van der Waals surface area contributed by atoms with Crippen molar-refractivity contribution in [3.63, 3.8) is 0 Å². The average Bonchev–Trinajstić information content (AvgIpc) is 3.35. The molecule has 0 radical (unpaired) electrons. The molecule has 4 rings (SSSR count). The lowest BCUT2D eigenvalue weighted by Crippen LogP contribution is -2.39. The lowest BCUT2D eigenvalue weighted by molar-refractivity contribution is -0.135. The van der Waals surface area contributed by atoms with Crippen molar-refractivity contribution in [2.24, 2.45) is 0 Å². The van der Waals surface area contributed by atoms with Gasteiger partial charge in [0.05, 0.1) is 29.3 Å². The third-order valence-electron chi connectivity index (χ3n) is 5.44. The first-order valence-electron chi connectivity index (χ1n) is 10.1. The van der Waals surface area contributed by atoms with Gasteiger partial charge in [0.2, 0.25) is 5.91 Å². The number of piperidine rings is 1. The van der Waals surface area contributed by atoms with Gasteiger partial charge in [-0.05, 0) is 46.1 Å². The van der Waals surface area contributed by atoms with Gasteiger partial charge in [0.1, 0.15) is 5.76 Å². The summed E-state index contributed by atoms with van der Waals surface area (Å²) in [4.78, 5) is 28.5. The number of aromatic nitrogens is 5. The van der Waals surface area contributed by atoms with Crippen molar-refractivity contribution in [1.82, 2.24) is 29.6 Å². The van der Waals surface area contributed by atoms with Gasteiger partial charge in [-0.3, -0.25) is 4.79 Å². The zero-order chi connectivity index (χ0) is 20.4. The van der Waals surface area contributed by atoms with E-state index < -0.39 is 0 Å². The molecule has 0 unspecified atom stereocenters. The zero-order valence-electron chi connectivity index (χ0n) is 17.1. The summed E-state index contributed by atoms with van der Waals surface area (Å²) in [5.41, 5.74) is 3.38. The van der Waals surface area contributed by atoms with Crippen molar-refractivity contribution in [2.45, 2.75) is 59.0 Å². The van der Waals surface area contributed by atoms with Crippen LogP contribution in [-0.2, 0) is 11.3 Å². The van der Waals surface area contributed by atoms with Gasteiger partial charge in [-0.15, -0.1) is 0 Å². The summed E-state index contributed by atoms with van der Waals surface area (Å²) >= 11 is 0. The number of rotatable bonds is 5. The highest BCUT2D eigenvalue weighted by Crippen LogP contribution is 2.32. The normalized spacial score (nSPS) is 16.9. The molecule has 0 N–H and O–H groups in total. The van der Waals surface area contributed by atoms with E-state index in [0.717, 1.165) is 48.5 Å². The van der Waals surface area contributed by atoms with E-state index in [1.54, 1.807) is 12.5 Å². The number of likely N-dealkylation sites (tertiary alicyclic amines) is 1. The monoisotopic (exact) mass is 394 g/mol. The smallest absolute Gasteiger partial charge is 0.224 e. The fourth-order valence-corrected chi connectivity index (χ4v) is 4.00. The lowest BCUT2D eigenvalue weighted by atomic mass is 9.98. The molecule has 0 aromatic carbocycles. The third kappa shape index (κ3) is 4.06. The van der Waals surface area contributed by atoms with Gasteiger partial charge < -0.3 is 14.0 Å². The second-order valence-electron chi connectivity index (χ2n) is 7.61. The maximum Gasteiger partial charge on any atom is 0.224 e. The van der Waals surface area contributed by atoms with Crippen LogP contribution in [0.25, 0.3) is 11.4 Å². The Balaban J connectivity index is 1.60. The first kappa shape index (κ1) is 19.3. The highest BCUT2D eigenvalue weighted by molar-refractivity contribution is 5.76. The van der Waals surface area contributed by atoms with Crippen molar-refractivity contribution in [1.29, 1.82) is 0 Å². The minimum atomic E-state index is -0.0278. The molecule has 29 heavy (non-hydrogen) atoms. The van der Waals surface area contributed by atoms with Crippen molar-refractivity contribution in [3.8, 4) is 11.4 Å². The molecule has 8 nitrogen and oxygen atoms in total. The molecule has 1 aliphatic heterocycles. The van der Waals surface area contributed by atoms with E-state index >= 15 is 0 Å². The Morgan fingerprint density at radius 2 is 2.10 bits per heavy atom. The average molecular weight is 394 g/mol. The molecule has 3 aromatic heterocycles. The Hall–Kier alpha value is -3.03. The fourth-order valence-electron chi connectivity index (χ4n) is 4.00. The predicted octanol–water partition coefficient (Wildman–Crippen LogP) is 3.40. The molecule has 1 amide bonds. The van der Waals surface area contributed by atoms with E-state index in [1.165, 1.54) is 0 Å². The maximum atomic E-state index is 13.0. The molecule has 1 aliphatic rings. The molecule has 8 heteroatoms. The highest BCUT2D eigenvalue weighted by atomic mass is 16.5. The molecule has 3 aromatic rings. The fraction of sp³-hybridized carbons (Fsp3) is 0.476. The Bertz CT molecular complexity index is 975. The van der Waals surface area contributed by atoms with Crippen molar-refractivity contribution < 1.29 is 9.32 Å². The predicted molar refractivity (Wildman–Crippen MR) is 107 cm³/mol. The van der Waals surface area contributed by atoms with E-state index in [0.29, 0.717) is 24.6 Å². The first-order chi connectivity index (χ1) is 14.0. The van der Waals surface area contributed by atoms with Crippen LogP contribution < -0.4 is 0 Å². The summed E-state index contributed by atoms with van der Waals surface area (Å²) in [6.45, 7) is 7.12. The molecule has 1 fully saturated rings. The van der Waals surface area contributed by atoms with Gasteiger partial charge in [-0.2, -0.15) is 0 Å². The van der Waals surface area contributed by atoms with Gasteiger partial charge in [-0.1, -0.05) is 5.16 Å². The molecular formula is C21H26N6O2. The molecule has 152 valence electrons. The lowest BCUT2D eigenvalue weighted by Gasteiger charge is -2.35. The molecule has 0 saturated carbocycles. The highest BCUT2D eigenvalue weighted by Gasteiger charge is 2.29. The molecule has 0 bridgehead atoms. The molecule has 1 saturated heterocycles. The van der Waals surface area contributed by atoms with E-state index in [2.05, 4.69) is 15.1 Å². The zero-order valence-corrected chi connectivity index (χ0v) is 17.1. The number of carbonyl (C=O) groups excluding carboxylic acids is 1. The number of hydrogen-bond acceptors (Lipinski definition) is 6. The number of aryl methyl sites for hydroxylation is 4. The summed E-state index contributed by atoms with van der Waals surface area (Å²) < 4.78 is 7.23. The van der Waals surface area contributed by atoms with Gasteiger partial charge in [0, 0.05) is 37.6 Å². The van der Waals surface area contributed by atoms with Crippen LogP contribution in [0.15, 0.2) is 29.3 Å². The minimum Gasteiger partial charge on any atom is -0.361 e.